The molecule has 7 nitrogen and oxygen atoms in total. The van der Waals surface area contributed by atoms with Gasteiger partial charge in [0.15, 0.2) is 4.34 Å². The summed E-state index contributed by atoms with van der Waals surface area (Å²) in [5, 5.41) is 3.86. The van der Waals surface area contributed by atoms with E-state index in [4.69, 9.17) is 0 Å². The molecular formula is C12H19N7S2. The Labute approximate surface area is 132 Å². The highest BCUT2D eigenvalue weighted by molar-refractivity contribution is 8.00. The van der Waals surface area contributed by atoms with Gasteiger partial charge < -0.3 is 10.2 Å². The number of hydrogen-bond donors (Lipinski definition) is 1. The van der Waals surface area contributed by atoms with Gasteiger partial charge in [-0.05, 0) is 43.6 Å². The molecule has 2 aromatic heterocycles. The third-order valence-corrected chi connectivity index (χ3v) is 4.28. The number of hydrogen-bond acceptors (Lipinski definition) is 9. The molecule has 2 aromatic rings. The fourth-order valence-corrected chi connectivity index (χ4v) is 2.94. The van der Waals surface area contributed by atoms with Crippen LogP contribution in [0.4, 0.5) is 11.9 Å². The van der Waals surface area contributed by atoms with Crippen LogP contribution in [-0.2, 0) is 0 Å². The van der Waals surface area contributed by atoms with E-state index in [1.54, 1.807) is 0 Å². The Balaban J connectivity index is 2.27. The first-order valence-corrected chi connectivity index (χ1v) is 8.55. The Morgan fingerprint density at radius 2 is 2.00 bits per heavy atom. The summed E-state index contributed by atoms with van der Waals surface area (Å²) in [5.74, 6) is 1.31. The molecule has 0 aliphatic carbocycles. The van der Waals surface area contributed by atoms with Crippen LogP contribution in [0, 0.1) is 0 Å². The van der Waals surface area contributed by atoms with Crippen molar-refractivity contribution in [1.82, 2.24) is 24.3 Å². The van der Waals surface area contributed by atoms with Gasteiger partial charge in [0.1, 0.15) is 6.33 Å². The molecule has 9 heteroatoms. The van der Waals surface area contributed by atoms with Crippen LogP contribution in [0.15, 0.2) is 15.8 Å². The van der Waals surface area contributed by atoms with Crippen LogP contribution in [0.25, 0.3) is 0 Å². The van der Waals surface area contributed by atoms with Crippen LogP contribution in [0.3, 0.4) is 0 Å². The van der Waals surface area contributed by atoms with E-state index >= 15 is 0 Å². The summed E-state index contributed by atoms with van der Waals surface area (Å²) in [7, 11) is 0. The lowest BCUT2D eigenvalue weighted by atomic mass is 10.5. The SMILES string of the molecule is CCCNc1nc(Sc2ncns2)nc(N(CC)CC)n1. The van der Waals surface area contributed by atoms with Crippen molar-refractivity contribution in [3.8, 4) is 0 Å². The van der Waals surface area contributed by atoms with Gasteiger partial charge in [-0.25, -0.2) is 4.98 Å². The second kappa shape index (κ2) is 8.08. The van der Waals surface area contributed by atoms with Crippen molar-refractivity contribution in [1.29, 1.82) is 0 Å². The first-order valence-electron chi connectivity index (χ1n) is 6.96. The van der Waals surface area contributed by atoms with Crippen LogP contribution < -0.4 is 10.2 Å². The number of nitrogens with zero attached hydrogens (tertiary/aromatic N) is 6. The average molecular weight is 325 g/mol. The fraction of sp³-hybridized carbons (Fsp3) is 0.583. The van der Waals surface area contributed by atoms with Gasteiger partial charge in [-0.1, -0.05) is 6.92 Å². The highest BCUT2D eigenvalue weighted by atomic mass is 32.2. The largest absolute Gasteiger partial charge is 0.354 e. The van der Waals surface area contributed by atoms with Crippen molar-refractivity contribution >= 4 is 35.2 Å². The summed E-state index contributed by atoms with van der Waals surface area (Å²) < 4.78 is 4.82. The van der Waals surface area contributed by atoms with E-state index in [-0.39, 0.29) is 0 Å². The van der Waals surface area contributed by atoms with Gasteiger partial charge in [-0.2, -0.15) is 19.3 Å². The second-order valence-electron chi connectivity index (χ2n) is 4.15. The Bertz CT molecular complexity index is 543. The molecule has 2 heterocycles. The smallest absolute Gasteiger partial charge is 0.231 e. The minimum absolute atomic E-state index is 0.612. The standard InChI is InChI=1S/C12H19N7S2/c1-4-7-13-9-16-10(19(5-2)6-3)18-11(17-9)20-12-14-8-15-21-12/h8H,4-7H2,1-3H3,(H,13,16,17,18). The molecular weight excluding hydrogens is 306 g/mol. The maximum absolute atomic E-state index is 4.52. The summed E-state index contributed by atoms with van der Waals surface area (Å²) in [6.07, 6.45) is 2.56. The molecule has 21 heavy (non-hydrogen) atoms. The van der Waals surface area contributed by atoms with E-state index in [0.717, 1.165) is 30.4 Å². The van der Waals surface area contributed by atoms with Gasteiger partial charge in [0.25, 0.3) is 0 Å². The zero-order valence-electron chi connectivity index (χ0n) is 12.4. The molecule has 0 radical (unpaired) electrons. The molecule has 0 aliphatic heterocycles. The fourth-order valence-electron chi connectivity index (χ4n) is 1.64. The maximum Gasteiger partial charge on any atom is 0.231 e. The molecule has 0 amide bonds. The van der Waals surface area contributed by atoms with Crippen molar-refractivity contribution in [2.45, 2.75) is 36.7 Å². The molecule has 0 spiro atoms. The van der Waals surface area contributed by atoms with E-state index < -0.39 is 0 Å². The lowest BCUT2D eigenvalue weighted by Crippen LogP contribution is -2.25. The predicted molar refractivity (Wildman–Crippen MR) is 86.2 cm³/mol. The molecule has 0 atom stereocenters. The average Bonchev–Trinajstić information content (AvgIpc) is 2.99. The van der Waals surface area contributed by atoms with Gasteiger partial charge in [0.2, 0.25) is 17.1 Å². The zero-order valence-corrected chi connectivity index (χ0v) is 14.0. The molecule has 0 aliphatic rings. The molecule has 0 saturated carbocycles. The lowest BCUT2D eigenvalue weighted by molar-refractivity contribution is 0.780. The predicted octanol–water partition coefficient (Wildman–Crippen LogP) is 2.54. The van der Waals surface area contributed by atoms with E-state index in [0.29, 0.717) is 17.1 Å². The van der Waals surface area contributed by atoms with Gasteiger partial charge in [0.05, 0.1) is 0 Å². The summed E-state index contributed by atoms with van der Waals surface area (Å²) >= 11 is 2.75. The maximum atomic E-state index is 4.52. The highest BCUT2D eigenvalue weighted by Crippen LogP contribution is 2.27. The number of rotatable bonds is 8. The quantitative estimate of drug-likeness (QED) is 0.793. The topological polar surface area (TPSA) is 79.7 Å². The van der Waals surface area contributed by atoms with Crippen LogP contribution in [0.2, 0.25) is 0 Å². The molecule has 2 rings (SSSR count). The van der Waals surface area contributed by atoms with Gasteiger partial charge in [-0.15, -0.1) is 0 Å². The van der Waals surface area contributed by atoms with Crippen LogP contribution in [-0.4, -0.2) is 43.9 Å². The molecule has 0 bridgehead atoms. The van der Waals surface area contributed by atoms with Crippen molar-refractivity contribution < 1.29 is 0 Å². The lowest BCUT2D eigenvalue weighted by Gasteiger charge is -2.19. The number of aromatic nitrogens is 5. The van der Waals surface area contributed by atoms with E-state index in [2.05, 4.69) is 55.3 Å². The Morgan fingerprint density at radius 1 is 1.19 bits per heavy atom. The Hall–Kier alpha value is -1.48. The Morgan fingerprint density at radius 3 is 2.62 bits per heavy atom. The van der Waals surface area contributed by atoms with Crippen molar-refractivity contribution in [2.75, 3.05) is 29.9 Å². The molecule has 0 saturated heterocycles. The van der Waals surface area contributed by atoms with Crippen molar-refractivity contribution in [3.05, 3.63) is 6.33 Å². The monoisotopic (exact) mass is 325 g/mol. The first-order chi connectivity index (χ1) is 10.3. The minimum Gasteiger partial charge on any atom is -0.354 e. The highest BCUT2D eigenvalue weighted by Gasteiger charge is 2.13. The van der Waals surface area contributed by atoms with E-state index in [9.17, 15) is 0 Å². The van der Waals surface area contributed by atoms with Crippen LogP contribution >= 0.6 is 23.3 Å². The van der Waals surface area contributed by atoms with E-state index in [1.165, 1.54) is 29.6 Å². The van der Waals surface area contributed by atoms with Crippen molar-refractivity contribution in [3.63, 3.8) is 0 Å². The van der Waals surface area contributed by atoms with Crippen molar-refractivity contribution in [2.24, 2.45) is 0 Å². The third-order valence-electron chi connectivity index (χ3n) is 2.70. The minimum atomic E-state index is 0.612. The normalized spacial score (nSPS) is 10.6. The van der Waals surface area contributed by atoms with Crippen LogP contribution in [0.5, 0.6) is 0 Å². The number of nitrogens with one attached hydrogen (secondary N) is 1. The Kier molecular flexibility index (Phi) is 6.12. The van der Waals surface area contributed by atoms with E-state index in [1.807, 2.05) is 0 Å². The molecule has 1 N–H and O–H groups in total. The summed E-state index contributed by atoms with van der Waals surface area (Å²) in [5.41, 5.74) is 0. The first kappa shape index (κ1) is 15.9. The molecule has 0 unspecified atom stereocenters. The van der Waals surface area contributed by atoms with Gasteiger partial charge in [-0.3, -0.25) is 0 Å². The number of anilines is 2. The van der Waals surface area contributed by atoms with Gasteiger partial charge >= 0.3 is 0 Å². The zero-order chi connectivity index (χ0) is 15.1. The molecule has 114 valence electrons. The van der Waals surface area contributed by atoms with Crippen LogP contribution in [0.1, 0.15) is 27.2 Å². The summed E-state index contributed by atoms with van der Waals surface area (Å²) in [6, 6.07) is 0. The molecule has 0 aromatic carbocycles. The summed E-state index contributed by atoms with van der Waals surface area (Å²) in [6.45, 7) is 8.84. The second-order valence-corrected chi connectivity index (χ2v) is 6.14. The summed E-state index contributed by atoms with van der Waals surface area (Å²) in [4.78, 5) is 19.7. The third kappa shape index (κ3) is 4.50. The van der Waals surface area contributed by atoms with Gasteiger partial charge in [0, 0.05) is 19.6 Å². The molecule has 0 fully saturated rings.